The van der Waals surface area contributed by atoms with E-state index in [1.165, 1.54) is 19.3 Å². The third-order valence-corrected chi connectivity index (χ3v) is 3.83. The van der Waals surface area contributed by atoms with Crippen molar-refractivity contribution in [3.63, 3.8) is 0 Å². The highest BCUT2D eigenvalue weighted by atomic mass is 19.1. The molecule has 0 saturated heterocycles. The van der Waals surface area contributed by atoms with Gasteiger partial charge in [-0.25, -0.2) is 14.0 Å². The molecule has 2 atom stereocenters. The lowest BCUT2D eigenvalue weighted by Gasteiger charge is -2.24. The number of hydrogen-bond acceptors (Lipinski definition) is 5. The number of rotatable bonds is 7. The third-order valence-electron chi connectivity index (χ3n) is 3.83. The van der Waals surface area contributed by atoms with E-state index >= 15 is 0 Å². The van der Waals surface area contributed by atoms with Crippen molar-refractivity contribution in [1.29, 1.82) is 0 Å². The van der Waals surface area contributed by atoms with E-state index in [0.29, 0.717) is 5.69 Å². The zero-order chi connectivity index (χ0) is 20.7. The number of anilines is 1. The van der Waals surface area contributed by atoms with E-state index < -0.39 is 35.8 Å². The number of nitrogens with one attached hydrogen (secondary N) is 1. The van der Waals surface area contributed by atoms with Crippen molar-refractivity contribution in [2.24, 2.45) is 0 Å². The van der Waals surface area contributed by atoms with Crippen LogP contribution in [0.5, 0.6) is 5.75 Å². The molecule has 0 saturated carbocycles. The number of carbonyl (C=O) groups is 2. The van der Waals surface area contributed by atoms with Crippen LogP contribution >= 0.6 is 0 Å². The summed E-state index contributed by atoms with van der Waals surface area (Å²) in [7, 11) is 1.29. The average molecular weight is 389 g/mol. The molecule has 0 heterocycles. The van der Waals surface area contributed by atoms with Gasteiger partial charge >= 0.3 is 12.1 Å². The summed E-state index contributed by atoms with van der Waals surface area (Å²) < 4.78 is 24.4. The molecule has 2 aromatic rings. The van der Waals surface area contributed by atoms with Crippen molar-refractivity contribution in [2.75, 3.05) is 12.4 Å². The van der Waals surface area contributed by atoms with Crippen LogP contribution in [0.3, 0.4) is 0 Å². The second kappa shape index (κ2) is 9.52. The van der Waals surface area contributed by atoms with Crippen LogP contribution < -0.4 is 5.32 Å². The predicted octanol–water partition coefficient (Wildman–Crippen LogP) is 3.79. The van der Waals surface area contributed by atoms with Gasteiger partial charge in [0.25, 0.3) is 0 Å². The average Bonchev–Trinajstić information content (AvgIpc) is 2.65. The Morgan fingerprint density at radius 3 is 2.43 bits per heavy atom. The molecule has 0 aliphatic rings. The van der Waals surface area contributed by atoms with E-state index in [9.17, 15) is 19.1 Å². The van der Waals surface area contributed by atoms with E-state index in [-0.39, 0.29) is 5.56 Å². The van der Waals surface area contributed by atoms with Gasteiger partial charge in [-0.2, -0.15) is 0 Å². The Morgan fingerprint density at radius 2 is 1.86 bits per heavy atom. The molecule has 0 unspecified atom stereocenters. The van der Waals surface area contributed by atoms with Gasteiger partial charge in [0, 0.05) is 18.9 Å². The summed E-state index contributed by atoms with van der Waals surface area (Å²) in [6.07, 6.45) is -1.01. The number of aryl methyl sites for hydroxylation is 1. The molecule has 28 heavy (non-hydrogen) atoms. The highest BCUT2D eigenvalue weighted by Crippen LogP contribution is 2.28. The molecule has 1 amide bonds. The number of ether oxygens (including phenoxy) is 2. The van der Waals surface area contributed by atoms with Gasteiger partial charge in [-0.05, 0) is 42.8 Å². The molecule has 0 aliphatic heterocycles. The number of amides is 1. The third kappa shape index (κ3) is 5.82. The minimum absolute atomic E-state index is 0.177. The van der Waals surface area contributed by atoms with Crippen molar-refractivity contribution in [3.8, 4) is 5.75 Å². The number of aromatic hydroxyl groups is 1. The number of phenols is 1. The number of carboxylic acid groups (broad SMARTS) is 1. The molecule has 0 spiro atoms. The molecule has 3 N–H and O–H groups in total. The number of halogens is 1. The van der Waals surface area contributed by atoms with Gasteiger partial charge < -0.3 is 19.7 Å². The fraction of sp³-hybridized carbons (Fsp3) is 0.200. The van der Waals surface area contributed by atoms with Gasteiger partial charge in [0.2, 0.25) is 0 Å². The zero-order valence-corrected chi connectivity index (χ0v) is 15.3. The van der Waals surface area contributed by atoms with Crippen molar-refractivity contribution in [2.45, 2.75) is 19.1 Å². The molecule has 7 nitrogen and oxygen atoms in total. The number of carboxylic acids is 1. The molecule has 0 aromatic heterocycles. The Labute approximate surface area is 161 Å². The van der Waals surface area contributed by atoms with Crippen molar-refractivity contribution in [3.05, 3.63) is 71.6 Å². The second-order valence-corrected chi connectivity index (χ2v) is 5.93. The fourth-order valence-electron chi connectivity index (χ4n) is 2.40. The lowest BCUT2D eigenvalue weighted by Crippen LogP contribution is -2.27. The lowest BCUT2D eigenvalue weighted by molar-refractivity contribution is -0.131. The van der Waals surface area contributed by atoms with Gasteiger partial charge in [-0.15, -0.1) is 0 Å². The molecule has 0 bridgehead atoms. The Hall–Kier alpha value is -3.39. The van der Waals surface area contributed by atoms with Crippen LogP contribution in [0.4, 0.5) is 14.9 Å². The molecule has 0 radical (unpaired) electrons. The minimum atomic E-state index is -1.22. The van der Waals surface area contributed by atoms with Gasteiger partial charge in [0.05, 0.1) is 0 Å². The highest BCUT2D eigenvalue weighted by Gasteiger charge is 2.27. The normalized spacial score (nSPS) is 13.1. The van der Waals surface area contributed by atoms with Crippen molar-refractivity contribution in [1.82, 2.24) is 0 Å². The summed E-state index contributed by atoms with van der Waals surface area (Å²) in [5.41, 5.74) is 1.67. The van der Waals surface area contributed by atoms with Crippen LogP contribution in [0.15, 0.2) is 54.6 Å². The molecule has 0 aliphatic carbocycles. The van der Waals surface area contributed by atoms with Gasteiger partial charge in [-0.1, -0.05) is 23.8 Å². The number of benzene rings is 2. The molecule has 0 fully saturated rings. The van der Waals surface area contributed by atoms with Crippen LogP contribution in [-0.4, -0.2) is 35.5 Å². The minimum Gasteiger partial charge on any atom is -0.505 e. The fourth-order valence-corrected chi connectivity index (χ4v) is 2.40. The maximum Gasteiger partial charge on any atom is 0.412 e. The Morgan fingerprint density at radius 1 is 1.18 bits per heavy atom. The van der Waals surface area contributed by atoms with Crippen LogP contribution in [0.25, 0.3) is 0 Å². The monoisotopic (exact) mass is 389 g/mol. The van der Waals surface area contributed by atoms with Gasteiger partial charge in [-0.3, -0.25) is 5.32 Å². The van der Waals surface area contributed by atoms with Crippen molar-refractivity contribution >= 4 is 17.7 Å². The van der Waals surface area contributed by atoms with Crippen LogP contribution in [0, 0.1) is 12.7 Å². The summed E-state index contributed by atoms with van der Waals surface area (Å²) >= 11 is 0. The smallest absolute Gasteiger partial charge is 0.412 e. The van der Waals surface area contributed by atoms with E-state index in [0.717, 1.165) is 23.8 Å². The number of carbonyl (C=O) groups excluding carboxylic acids is 1. The second-order valence-electron chi connectivity index (χ2n) is 5.93. The largest absolute Gasteiger partial charge is 0.505 e. The first-order chi connectivity index (χ1) is 13.3. The van der Waals surface area contributed by atoms with Gasteiger partial charge in [0.15, 0.2) is 17.7 Å². The first-order valence-corrected chi connectivity index (χ1v) is 8.26. The van der Waals surface area contributed by atoms with Gasteiger partial charge in [0.1, 0.15) is 6.10 Å². The first-order valence-electron chi connectivity index (χ1n) is 8.26. The molecule has 148 valence electrons. The topological polar surface area (TPSA) is 105 Å². The Balaban J connectivity index is 2.28. The standard InChI is InChI=1S/C20H20FNO6/c1-12-3-6-14(7-4-12)22-20(26)28-19(17(27-2)9-10-18(24)25)13-5-8-16(23)15(21)11-13/h3-11,17,19,23H,1-2H3,(H,22,26)(H,24,25)/b10-9+/t17-,19-/m0/s1. The first kappa shape index (κ1) is 20.9. The van der Waals surface area contributed by atoms with Crippen LogP contribution in [-0.2, 0) is 14.3 Å². The van der Waals surface area contributed by atoms with E-state index in [1.54, 1.807) is 24.3 Å². The Kier molecular flexibility index (Phi) is 7.11. The molecule has 2 rings (SSSR count). The highest BCUT2D eigenvalue weighted by molar-refractivity contribution is 5.84. The summed E-state index contributed by atoms with van der Waals surface area (Å²) in [4.78, 5) is 23.1. The maximum atomic E-state index is 13.8. The number of hydrogen-bond donors (Lipinski definition) is 3. The predicted molar refractivity (Wildman–Crippen MR) is 99.7 cm³/mol. The summed E-state index contributed by atoms with van der Waals surface area (Å²) in [6, 6.07) is 10.4. The molecule has 2 aromatic carbocycles. The summed E-state index contributed by atoms with van der Waals surface area (Å²) in [5.74, 6) is -2.70. The Bertz CT molecular complexity index is 865. The zero-order valence-electron chi connectivity index (χ0n) is 15.3. The van der Waals surface area contributed by atoms with E-state index in [2.05, 4.69) is 5.32 Å². The summed E-state index contributed by atoms with van der Waals surface area (Å²) in [6.45, 7) is 1.90. The van der Waals surface area contributed by atoms with Crippen LogP contribution in [0.2, 0.25) is 0 Å². The van der Waals surface area contributed by atoms with E-state index in [1.807, 2.05) is 6.92 Å². The SMILES string of the molecule is CO[C@@H](/C=C/C(=O)O)[C@@H](OC(=O)Nc1ccc(C)cc1)c1ccc(O)c(F)c1. The van der Waals surface area contributed by atoms with Crippen LogP contribution in [0.1, 0.15) is 17.2 Å². The number of phenolic OH excluding ortho intramolecular Hbond substituents is 1. The maximum absolute atomic E-state index is 13.8. The number of methoxy groups -OCH3 is 1. The molecular weight excluding hydrogens is 369 g/mol. The van der Waals surface area contributed by atoms with E-state index in [4.69, 9.17) is 14.6 Å². The number of aliphatic carboxylic acids is 1. The molecule has 8 heteroatoms. The lowest BCUT2D eigenvalue weighted by atomic mass is 10.0. The molecular formula is C20H20FNO6. The quantitative estimate of drug-likeness (QED) is 0.623. The van der Waals surface area contributed by atoms with Crippen molar-refractivity contribution < 1.29 is 33.7 Å². The summed E-state index contributed by atoms with van der Waals surface area (Å²) in [5, 5.41) is 20.8.